The molecule has 0 N–H and O–H groups in total. The number of para-hydroxylation sites is 2. The molecule has 1 saturated carbocycles. The number of carbonyl (C=O) groups is 1. The first-order valence-corrected chi connectivity index (χ1v) is 9.82. The number of halogens is 1. The van der Waals surface area contributed by atoms with E-state index in [-0.39, 0.29) is 17.8 Å². The molecule has 0 radical (unpaired) electrons. The topological polar surface area (TPSA) is 44.1 Å². The summed E-state index contributed by atoms with van der Waals surface area (Å²) >= 11 is 6.34. The minimum absolute atomic E-state index is 0.0263. The zero-order valence-electron chi connectivity index (χ0n) is 15.4. The van der Waals surface area contributed by atoms with Crippen LogP contribution in [0.5, 0.6) is 0 Å². The molecule has 4 rings (SSSR count). The van der Waals surface area contributed by atoms with E-state index in [2.05, 4.69) is 29.2 Å². The molecule has 1 heterocycles. The Bertz CT molecular complexity index is 949. The number of fused-ring (bicyclic) bond motifs is 1. The first kappa shape index (κ1) is 18.1. The summed E-state index contributed by atoms with van der Waals surface area (Å²) in [5, 5.41) is 0.498. The number of esters is 1. The molecule has 0 bridgehead atoms. The number of methoxy groups -OCH3 is 1. The molecular weight excluding hydrogens is 360 g/mol. The Morgan fingerprint density at radius 2 is 1.89 bits per heavy atom. The fourth-order valence-corrected chi connectivity index (χ4v) is 4.45. The summed E-state index contributed by atoms with van der Waals surface area (Å²) in [6, 6.07) is 16.5. The van der Waals surface area contributed by atoms with Gasteiger partial charge >= 0.3 is 5.97 Å². The summed E-state index contributed by atoms with van der Waals surface area (Å²) in [5.74, 6) is 0.139. The Labute approximate surface area is 164 Å². The van der Waals surface area contributed by atoms with Crippen LogP contribution >= 0.6 is 11.6 Å². The number of hydrogen-bond donors (Lipinski definition) is 0. The van der Waals surface area contributed by atoms with Gasteiger partial charge in [0.25, 0.3) is 0 Å². The molecule has 1 aliphatic carbocycles. The van der Waals surface area contributed by atoms with E-state index >= 15 is 0 Å². The van der Waals surface area contributed by atoms with Crippen LogP contribution in [0.1, 0.15) is 42.7 Å². The van der Waals surface area contributed by atoms with Crippen molar-refractivity contribution >= 4 is 28.6 Å². The molecule has 2 aromatic carbocycles. The van der Waals surface area contributed by atoms with Gasteiger partial charge in [0.05, 0.1) is 30.6 Å². The predicted molar refractivity (Wildman–Crippen MR) is 107 cm³/mol. The van der Waals surface area contributed by atoms with Gasteiger partial charge in [-0.05, 0) is 53.6 Å². The Morgan fingerprint density at radius 1 is 1.15 bits per heavy atom. The third-order valence-corrected chi connectivity index (χ3v) is 5.91. The van der Waals surface area contributed by atoms with Gasteiger partial charge in [-0.1, -0.05) is 49.2 Å². The van der Waals surface area contributed by atoms with E-state index in [0.29, 0.717) is 11.8 Å². The highest BCUT2D eigenvalue weighted by atomic mass is 35.5. The summed E-state index contributed by atoms with van der Waals surface area (Å²) in [6.45, 7) is 0.671. The molecule has 4 nitrogen and oxygen atoms in total. The van der Waals surface area contributed by atoms with Gasteiger partial charge < -0.3 is 9.30 Å². The highest BCUT2D eigenvalue weighted by Gasteiger charge is 2.32. The van der Waals surface area contributed by atoms with Crippen LogP contribution in [0.4, 0.5) is 0 Å². The van der Waals surface area contributed by atoms with Gasteiger partial charge in [0.15, 0.2) is 0 Å². The van der Waals surface area contributed by atoms with Crippen molar-refractivity contribution in [3.8, 4) is 0 Å². The minimum Gasteiger partial charge on any atom is -0.469 e. The van der Waals surface area contributed by atoms with Crippen molar-refractivity contribution in [2.75, 3.05) is 7.11 Å². The van der Waals surface area contributed by atoms with Gasteiger partial charge in [-0.15, -0.1) is 0 Å². The number of carbonyl (C=O) groups excluding carboxylic acids is 1. The zero-order valence-corrected chi connectivity index (χ0v) is 16.2. The van der Waals surface area contributed by atoms with Gasteiger partial charge in [-0.3, -0.25) is 4.79 Å². The van der Waals surface area contributed by atoms with E-state index in [1.165, 1.54) is 12.7 Å². The summed E-state index contributed by atoms with van der Waals surface area (Å²) < 4.78 is 7.04. The lowest BCUT2D eigenvalue weighted by atomic mass is 9.75. The first-order valence-electron chi connectivity index (χ1n) is 9.45. The minimum atomic E-state index is -0.0829. The van der Waals surface area contributed by atoms with Crippen molar-refractivity contribution in [2.24, 2.45) is 5.92 Å². The van der Waals surface area contributed by atoms with Crippen molar-refractivity contribution < 1.29 is 9.53 Å². The van der Waals surface area contributed by atoms with Gasteiger partial charge in [-0.2, -0.15) is 0 Å². The highest BCUT2D eigenvalue weighted by Crippen LogP contribution is 2.38. The molecule has 0 aliphatic heterocycles. The van der Waals surface area contributed by atoms with Crippen molar-refractivity contribution in [1.82, 2.24) is 9.55 Å². The lowest BCUT2D eigenvalue weighted by Gasteiger charge is -2.30. The van der Waals surface area contributed by atoms with Crippen LogP contribution in [0.3, 0.4) is 0 Å². The number of nitrogens with zero attached hydrogens (tertiary/aromatic N) is 2. The molecule has 0 amide bonds. The Hall–Kier alpha value is -2.33. The maximum atomic E-state index is 12.1. The molecule has 3 aromatic rings. The van der Waals surface area contributed by atoms with E-state index in [0.717, 1.165) is 42.3 Å². The second kappa shape index (κ2) is 7.73. The van der Waals surface area contributed by atoms with Crippen LogP contribution in [0.25, 0.3) is 11.0 Å². The molecule has 1 fully saturated rings. The van der Waals surface area contributed by atoms with E-state index in [1.807, 2.05) is 28.8 Å². The largest absolute Gasteiger partial charge is 0.469 e. The van der Waals surface area contributed by atoms with Crippen LogP contribution in [-0.4, -0.2) is 22.6 Å². The van der Waals surface area contributed by atoms with Crippen LogP contribution < -0.4 is 0 Å². The lowest BCUT2D eigenvalue weighted by molar-refractivity contribution is -0.147. The molecule has 0 saturated heterocycles. The molecule has 2 atom stereocenters. The van der Waals surface area contributed by atoms with E-state index < -0.39 is 0 Å². The smallest absolute Gasteiger partial charge is 0.309 e. The summed E-state index contributed by atoms with van der Waals surface area (Å²) in [7, 11) is 1.48. The van der Waals surface area contributed by atoms with E-state index in [1.54, 1.807) is 0 Å². The number of benzene rings is 2. The Kier molecular flexibility index (Phi) is 5.17. The summed E-state index contributed by atoms with van der Waals surface area (Å²) in [4.78, 5) is 16.6. The lowest BCUT2D eigenvalue weighted by Crippen LogP contribution is -2.26. The maximum absolute atomic E-state index is 12.1. The van der Waals surface area contributed by atoms with E-state index in [9.17, 15) is 4.79 Å². The second-order valence-corrected chi connectivity index (χ2v) is 7.56. The quantitative estimate of drug-likeness (QED) is 0.583. The molecule has 1 aliphatic rings. The van der Waals surface area contributed by atoms with Gasteiger partial charge in [-0.25, -0.2) is 4.98 Å². The Morgan fingerprint density at radius 3 is 2.67 bits per heavy atom. The van der Waals surface area contributed by atoms with E-state index in [4.69, 9.17) is 16.3 Å². The Balaban J connectivity index is 1.56. The van der Waals surface area contributed by atoms with Gasteiger partial charge in [0.1, 0.15) is 0 Å². The maximum Gasteiger partial charge on any atom is 0.309 e. The number of imidazole rings is 1. The fourth-order valence-electron chi connectivity index (χ4n) is 4.21. The van der Waals surface area contributed by atoms with Crippen LogP contribution in [0.15, 0.2) is 48.5 Å². The third-order valence-electron chi connectivity index (χ3n) is 5.63. The molecule has 5 heteroatoms. The second-order valence-electron chi connectivity index (χ2n) is 7.22. The third kappa shape index (κ3) is 3.59. The number of aromatic nitrogens is 2. The van der Waals surface area contributed by atoms with Crippen LogP contribution in [-0.2, 0) is 16.1 Å². The highest BCUT2D eigenvalue weighted by molar-refractivity contribution is 6.29. The van der Waals surface area contributed by atoms with Crippen molar-refractivity contribution in [3.05, 3.63) is 64.9 Å². The molecular formula is C22H23ClN2O2. The van der Waals surface area contributed by atoms with Crippen LogP contribution in [0, 0.1) is 5.92 Å². The molecule has 0 spiro atoms. The summed E-state index contributed by atoms with van der Waals surface area (Å²) in [6.07, 6.45) is 4.21. The standard InChI is InChI=1S/C22H23ClN2O2/c1-27-21(26)18-7-3-2-6-17(18)16-12-10-15(11-13-16)14-25-20-9-5-4-8-19(20)24-22(25)23/h4-5,8-13,17-18H,2-3,6-7,14H2,1H3/t17-,18+/m0/s1. The predicted octanol–water partition coefficient (Wildman–Crippen LogP) is 5.18. The van der Waals surface area contributed by atoms with Crippen molar-refractivity contribution in [1.29, 1.82) is 0 Å². The van der Waals surface area contributed by atoms with Crippen LogP contribution in [0.2, 0.25) is 5.28 Å². The molecule has 140 valence electrons. The first-order chi connectivity index (χ1) is 13.2. The van der Waals surface area contributed by atoms with Crippen molar-refractivity contribution in [3.63, 3.8) is 0 Å². The number of ether oxygens (including phenoxy) is 1. The normalized spacial score (nSPS) is 19.9. The average molecular weight is 383 g/mol. The van der Waals surface area contributed by atoms with Gasteiger partial charge in [0.2, 0.25) is 5.28 Å². The average Bonchev–Trinajstić information content (AvgIpc) is 3.03. The molecule has 27 heavy (non-hydrogen) atoms. The number of hydrogen-bond acceptors (Lipinski definition) is 3. The fraction of sp³-hybridized carbons (Fsp3) is 0.364. The number of rotatable bonds is 4. The van der Waals surface area contributed by atoms with Crippen molar-refractivity contribution in [2.45, 2.75) is 38.1 Å². The SMILES string of the molecule is COC(=O)[C@@H]1CCCC[C@H]1c1ccc(Cn2c(Cl)nc3ccccc32)cc1. The monoisotopic (exact) mass is 382 g/mol. The molecule has 0 unspecified atom stereocenters. The summed E-state index contributed by atoms with van der Waals surface area (Å²) in [5.41, 5.74) is 4.32. The zero-order chi connectivity index (χ0) is 18.8. The van der Waals surface area contributed by atoms with Gasteiger partial charge in [0, 0.05) is 0 Å². The molecule has 1 aromatic heterocycles.